The van der Waals surface area contributed by atoms with Crippen LogP contribution in [0.4, 0.5) is 0 Å². The summed E-state index contributed by atoms with van der Waals surface area (Å²) >= 11 is -1.21. The molecule has 0 rings (SSSR count). The Morgan fingerprint density at radius 1 is 0.450 bits per heavy atom. The molecule has 0 heterocycles. The van der Waals surface area contributed by atoms with Crippen molar-refractivity contribution < 1.29 is 0 Å². The van der Waals surface area contributed by atoms with Crippen LogP contribution in [-0.2, 0) is 0 Å². The maximum absolute atomic E-state index is 2.54. The Morgan fingerprint density at radius 3 is 1.05 bits per heavy atom. The van der Waals surface area contributed by atoms with Gasteiger partial charge in [0, 0.05) is 0 Å². The molecule has 0 aliphatic carbocycles. The molecule has 0 fully saturated rings. The van der Waals surface area contributed by atoms with Crippen molar-refractivity contribution in [2.45, 2.75) is 119 Å². The molecule has 0 aromatic carbocycles. The Hall–Kier alpha value is 0.543. The van der Waals surface area contributed by atoms with E-state index >= 15 is 0 Å². The van der Waals surface area contributed by atoms with E-state index in [-0.39, 0.29) is 0 Å². The maximum atomic E-state index is 2.54. The molecular formula is C19H42Ge. The van der Waals surface area contributed by atoms with Gasteiger partial charge in [0.15, 0.2) is 0 Å². The Balaban J connectivity index is 2.99. The number of hydrogen-bond donors (Lipinski definition) is 0. The normalized spacial score (nSPS) is 12.0. The molecular weight excluding hydrogens is 301 g/mol. The average Bonchev–Trinajstić information content (AvgIpc) is 2.38. The van der Waals surface area contributed by atoms with Gasteiger partial charge in [-0.25, -0.2) is 0 Å². The molecule has 0 amide bonds. The molecule has 0 saturated carbocycles. The van der Waals surface area contributed by atoms with E-state index in [0.29, 0.717) is 0 Å². The van der Waals surface area contributed by atoms with Crippen LogP contribution in [0.25, 0.3) is 0 Å². The van der Waals surface area contributed by atoms with Crippen molar-refractivity contribution in [2.24, 2.45) is 0 Å². The van der Waals surface area contributed by atoms with Gasteiger partial charge in [0.1, 0.15) is 0 Å². The Bertz CT molecular complexity index is 181. The molecule has 0 N–H and O–H groups in total. The monoisotopic (exact) mass is 344 g/mol. The second kappa shape index (κ2) is 14.5. The van der Waals surface area contributed by atoms with Crippen LogP contribution in [0, 0.1) is 0 Å². The van der Waals surface area contributed by atoms with Crippen molar-refractivity contribution in [3.8, 4) is 0 Å². The van der Waals surface area contributed by atoms with Crippen LogP contribution in [0.15, 0.2) is 0 Å². The van der Waals surface area contributed by atoms with Crippen molar-refractivity contribution in [1.29, 1.82) is 0 Å². The summed E-state index contributed by atoms with van der Waals surface area (Å²) < 4.78 is 0. The zero-order chi connectivity index (χ0) is 15.1. The van der Waals surface area contributed by atoms with E-state index in [1.165, 1.54) is 89.9 Å². The summed E-state index contributed by atoms with van der Waals surface area (Å²) in [5, 5.41) is 1.58. The minimum atomic E-state index is -1.21. The van der Waals surface area contributed by atoms with Gasteiger partial charge in [0.05, 0.1) is 0 Å². The zero-order valence-corrected chi connectivity index (χ0v) is 17.2. The minimum absolute atomic E-state index is 1.21. The number of unbranched alkanes of at least 4 members (excludes halogenated alkanes) is 13. The first-order chi connectivity index (χ1) is 9.56. The fourth-order valence-corrected chi connectivity index (χ4v) is 5.60. The molecule has 0 aliphatic rings. The SMILES string of the molecule is CCCCCCCCCCCCCCC[CH2][Ge]([CH3])([CH3])[CH3]. The third-order valence-corrected chi connectivity index (χ3v) is 8.17. The molecule has 0 aliphatic heterocycles. The van der Waals surface area contributed by atoms with Crippen LogP contribution >= 0.6 is 0 Å². The third kappa shape index (κ3) is 18.5. The van der Waals surface area contributed by atoms with E-state index in [2.05, 4.69) is 24.2 Å². The van der Waals surface area contributed by atoms with Crippen LogP contribution in [-0.4, -0.2) is 13.3 Å². The molecule has 0 aromatic heterocycles. The van der Waals surface area contributed by atoms with Crippen LogP contribution in [0.3, 0.4) is 0 Å². The molecule has 20 heavy (non-hydrogen) atoms. The summed E-state index contributed by atoms with van der Waals surface area (Å²) in [6, 6.07) is 0. The molecule has 0 bridgehead atoms. The van der Waals surface area contributed by atoms with Crippen molar-refractivity contribution in [3.63, 3.8) is 0 Å². The summed E-state index contributed by atoms with van der Waals surface area (Å²) in [4.78, 5) is 0. The van der Waals surface area contributed by atoms with Gasteiger partial charge in [0.2, 0.25) is 0 Å². The van der Waals surface area contributed by atoms with Gasteiger partial charge in [-0.05, 0) is 0 Å². The molecule has 0 aromatic rings. The summed E-state index contributed by atoms with van der Waals surface area (Å²) in [6.07, 6.45) is 20.7. The predicted molar refractivity (Wildman–Crippen MR) is 98.5 cm³/mol. The zero-order valence-electron chi connectivity index (χ0n) is 15.1. The summed E-state index contributed by atoms with van der Waals surface area (Å²) in [6.45, 7) is 2.30. The van der Waals surface area contributed by atoms with Crippen LogP contribution in [0.2, 0.25) is 22.5 Å². The fourth-order valence-electron chi connectivity index (χ4n) is 2.85. The number of hydrogen-bond acceptors (Lipinski definition) is 0. The molecule has 122 valence electrons. The van der Waals surface area contributed by atoms with Gasteiger partial charge in [-0.2, -0.15) is 0 Å². The van der Waals surface area contributed by atoms with Crippen LogP contribution in [0.1, 0.15) is 96.8 Å². The van der Waals surface area contributed by atoms with Crippen molar-refractivity contribution in [1.82, 2.24) is 0 Å². The molecule has 0 atom stereocenters. The van der Waals surface area contributed by atoms with Crippen molar-refractivity contribution >= 4 is 13.3 Å². The van der Waals surface area contributed by atoms with Gasteiger partial charge in [-0.1, -0.05) is 26.2 Å². The van der Waals surface area contributed by atoms with Crippen molar-refractivity contribution in [2.75, 3.05) is 0 Å². The molecule has 0 unspecified atom stereocenters. The van der Waals surface area contributed by atoms with E-state index in [4.69, 9.17) is 0 Å². The standard InChI is InChI=1S/C19H42Ge/c1-5-6-7-8-9-10-11-12-13-14-15-16-17-18-19-20(2,3)4/h5-19H2,1-4H3. The average molecular weight is 343 g/mol. The predicted octanol–water partition coefficient (Wildman–Crippen LogP) is 7.81. The molecule has 0 spiro atoms. The second-order valence-corrected chi connectivity index (χ2v) is 19.7. The topological polar surface area (TPSA) is 0 Å². The van der Waals surface area contributed by atoms with Crippen LogP contribution < -0.4 is 0 Å². The summed E-state index contributed by atoms with van der Waals surface area (Å²) in [5.41, 5.74) is 0. The Kier molecular flexibility index (Phi) is 14.9. The first kappa shape index (κ1) is 20.5. The van der Waals surface area contributed by atoms with E-state index in [1.54, 1.807) is 5.25 Å². The third-order valence-electron chi connectivity index (χ3n) is 4.28. The second-order valence-electron chi connectivity index (χ2n) is 7.91. The van der Waals surface area contributed by atoms with Gasteiger partial charge in [-0.3, -0.25) is 0 Å². The van der Waals surface area contributed by atoms with Crippen LogP contribution in [0.5, 0.6) is 0 Å². The van der Waals surface area contributed by atoms with E-state index < -0.39 is 13.3 Å². The van der Waals surface area contributed by atoms with E-state index in [1.807, 2.05) is 0 Å². The Labute approximate surface area is 132 Å². The number of rotatable bonds is 15. The van der Waals surface area contributed by atoms with Crippen molar-refractivity contribution in [3.05, 3.63) is 0 Å². The molecule has 0 radical (unpaired) electrons. The molecule has 0 saturated heterocycles. The van der Waals surface area contributed by atoms with E-state index in [9.17, 15) is 0 Å². The summed E-state index contributed by atoms with van der Waals surface area (Å²) in [5.74, 6) is 7.63. The van der Waals surface area contributed by atoms with Gasteiger partial charge in [0.25, 0.3) is 0 Å². The fraction of sp³-hybridized carbons (Fsp3) is 1.00. The first-order valence-corrected chi connectivity index (χ1v) is 17.3. The quantitative estimate of drug-likeness (QED) is 0.210. The Morgan fingerprint density at radius 2 is 0.750 bits per heavy atom. The molecule has 1 heteroatoms. The first-order valence-electron chi connectivity index (χ1n) is 9.56. The summed E-state index contributed by atoms with van der Waals surface area (Å²) in [7, 11) is 0. The molecule has 0 nitrogen and oxygen atoms in total. The van der Waals surface area contributed by atoms with Gasteiger partial charge in [-0.15, -0.1) is 0 Å². The van der Waals surface area contributed by atoms with Gasteiger partial charge >= 0.3 is 106 Å². The van der Waals surface area contributed by atoms with Gasteiger partial charge < -0.3 is 0 Å². The van der Waals surface area contributed by atoms with E-state index in [0.717, 1.165) is 0 Å².